The smallest absolute Gasteiger partial charge is 0.431 e. The number of hydrogen-bond donors (Lipinski definition) is 0. The average molecular weight is 1170 g/mol. The number of pyridine rings is 3. The average Bonchev–Trinajstić information content (AvgIpc) is 0.633. The van der Waals surface area contributed by atoms with Gasteiger partial charge in [0.2, 0.25) is 0 Å². The Morgan fingerprint density at radius 3 is 0.678 bits per heavy atom. The minimum absolute atomic E-state index is 0.870. The molecule has 6 nitrogen and oxygen atoms in total. The molecule has 9 heteroatoms. The Labute approximate surface area is 531 Å². The summed E-state index contributed by atoms with van der Waals surface area (Å²) in [5.74, 6) is 0. The lowest BCUT2D eigenvalue weighted by Crippen LogP contribution is -2.91. The van der Waals surface area contributed by atoms with E-state index in [1.54, 1.807) is 0 Å². The van der Waals surface area contributed by atoms with Crippen LogP contribution in [0.2, 0.25) is 0 Å². The summed E-state index contributed by atoms with van der Waals surface area (Å²) in [5.41, 5.74) is 19.7. The monoisotopic (exact) mass is 1170 g/mol. The van der Waals surface area contributed by atoms with Gasteiger partial charge in [0.1, 0.15) is 16.2 Å². The molecule has 0 radical (unpaired) electrons. The van der Waals surface area contributed by atoms with E-state index in [1.165, 1.54) is 154 Å². The highest BCUT2D eigenvalue weighted by Crippen LogP contribution is 2.55. The molecule has 0 N–H and O–H groups in total. The molecule has 444 valence electrons. The molecule has 0 fully saturated rings. The Hall–Kier alpha value is -9.20. The highest BCUT2D eigenvalue weighted by molar-refractivity contribution is 7.02. The zero-order valence-corrected chi connectivity index (χ0v) is 52.8. The van der Waals surface area contributed by atoms with Crippen LogP contribution in [0, 0.1) is 0 Å². The quantitative estimate of drug-likeness (QED) is 0.0310. The Morgan fingerprint density at radius 1 is 0.244 bits per heavy atom. The molecular weight excluding hydrogens is 1090 g/mol. The number of para-hydroxylation sites is 3. The van der Waals surface area contributed by atoms with Crippen LogP contribution < -0.4 is 60.6 Å². The van der Waals surface area contributed by atoms with Gasteiger partial charge in [-0.3, -0.25) is 0 Å². The van der Waals surface area contributed by atoms with Crippen LogP contribution in [0.15, 0.2) is 255 Å². The van der Waals surface area contributed by atoms with Crippen molar-refractivity contribution in [1.82, 2.24) is 0 Å². The standard InChI is InChI=1S/C81H81B3N6/c1-4-7-10-37-58-85-76-67-52-31-34-55-70(67)89-80-73(76)79-74-77(68-53-32-35-56-71(68)88(79)82(85,61-40-19-13-20-41-61)62-42-21-14-22-43-62)86(59-38-11-8-5-2)84(65-48-27-17-28-49-65,66-50-29-18-30-51-66)90-72-57-36-33-54-69(72)78(75(80)81(74)90)87(60-39-12-9-6-3)83(89,63-44-23-15-24-45-63)64-46-25-16-26-47-64/h13-36,40-57H,4-12,37-39,58-60H2,1-3H3. The highest BCUT2D eigenvalue weighted by Gasteiger charge is 2.62. The molecule has 3 aromatic heterocycles. The first-order valence-corrected chi connectivity index (χ1v) is 34.3. The zero-order valence-electron chi connectivity index (χ0n) is 52.8. The first-order chi connectivity index (χ1) is 44.7. The minimum Gasteiger partial charge on any atom is -0.475 e. The van der Waals surface area contributed by atoms with E-state index >= 15 is 0 Å². The van der Waals surface area contributed by atoms with Crippen molar-refractivity contribution in [3.8, 4) is 0 Å². The summed E-state index contributed by atoms with van der Waals surface area (Å²) in [6, 6.07) is 99.8. The Bertz CT molecular complexity index is 4190. The molecule has 3 aliphatic heterocycles. The van der Waals surface area contributed by atoms with Crippen LogP contribution in [-0.2, 0) is 0 Å². The first-order valence-electron chi connectivity index (χ1n) is 34.3. The molecule has 6 heterocycles. The maximum Gasteiger partial charge on any atom is 0.431 e. The van der Waals surface area contributed by atoms with E-state index < -0.39 is 19.2 Å². The number of benzene rings is 10. The van der Waals surface area contributed by atoms with E-state index in [2.05, 4.69) is 303 Å². The summed E-state index contributed by atoms with van der Waals surface area (Å²) < 4.78 is 8.95. The van der Waals surface area contributed by atoms with E-state index in [1.807, 2.05) is 0 Å². The third-order valence-corrected chi connectivity index (χ3v) is 21.8. The highest BCUT2D eigenvalue weighted by atomic mass is 15.3. The summed E-state index contributed by atoms with van der Waals surface area (Å²) in [7, 11) is 0. The van der Waals surface area contributed by atoms with Crippen LogP contribution >= 0.6 is 0 Å². The Kier molecular flexibility index (Phi) is 14.3. The van der Waals surface area contributed by atoms with Crippen molar-refractivity contribution in [1.29, 1.82) is 0 Å². The summed E-state index contributed by atoms with van der Waals surface area (Å²) in [4.78, 5) is 9.03. The fourth-order valence-corrected chi connectivity index (χ4v) is 18.5. The van der Waals surface area contributed by atoms with Gasteiger partial charge < -0.3 is 27.9 Å². The second-order valence-electron chi connectivity index (χ2n) is 26.4. The van der Waals surface area contributed by atoms with E-state index in [-0.39, 0.29) is 0 Å². The van der Waals surface area contributed by atoms with Crippen molar-refractivity contribution in [2.45, 2.75) is 97.8 Å². The van der Waals surface area contributed by atoms with Gasteiger partial charge in [0.05, 0.1) is 16.2 Å². The maximum absolute atomic E-state index is 3.01. The zero-order chi connectivity index (χ0) is 60.4. The van der Waals surface area contributed by atoms with Crippen molar-refractivity contribution >= 4 is 135 Å². The number of fused-ring (bicyclic) bond motifs is 9. The van der Waals surface area contributed by atoms with Gasteiger partial charge in [-0.25, -0.2) is 0 Å². The third kappa shape index (κ3) is 7.90. The number of hydrogen-bond acceptors (Lipinski definition) is 3. The molecule has 0 saturated heterocycles. The molecule has 0 aliphatic carbocycles. The second-order valence-corrected chi connectivity index (χ2v) is 26.4. The van der Waals surface area contributed by atoms with E-state index in [0.29, 0.717) is 0 Å². The number of anilines is 3. The normalized spacial score (nSPS) is 15.0. The van der Waals surface area contributed by atoms with Crippen molar-refractivity contribution in [2.75, 3.05) is 34.1 Å². The predicted octanol–water partition coefficient (Wildman–Crippen LogP) is 14.0. The Morgan fingerprint density at radius 2 is 0.456 bits per heavy atom. The van der Waals surface area contributed by atoms with Crippen LogP contribution in [0.1, 0.15) is 97.8 Å². The van der Waals surface area contributed by atoms with Crippen molar-refractivity contribution in [2.24, 2.45) is 0 Å². The van der Waals surface area contributed by atoms with Crippen molar-refractivity contribution in [3.63, 3.8) is 0 Å². The Balaban J connectivity index is 1.29. The second kappa shape index (κ2) is 23.0. The van der Waals surface area contributed by atoms with Crippen LogP contribution in [0.5, 0.6) is 0 Å². The molecule has 10 aromatic carbocycles. The lowest BCUT2D eigenvalue weighted by Gasteiger charge is -2.56. The van der Waals surface area contributed by atoms with Crippen molar-refractivity contribution in [3.05, 3.63) is 255 Å². The van der Waals surface area contributed by atoms with Gasteiger partial charge in [0.15, 0.2) is 33.1 Å². The lowest BCUT2D eigenvalue weighted by atomic mass is 9.33. The lowest BCUT2D eigenvalue weighted by molar-refractivity contribution is -0.491. The van der Waals surface area contributed by atoms with Crippen LogP contribution in [0.4, 0.5) is 17.1 Å². The first kappa shape index (κ1) is 56.1. The van der Waals surface area contributed by atoms with Gasteiger partial charge in [-0.1, -0.05) is 297 Å². The molecule has 0 saturated carbocycles. The third-order valence-electron chi connectivity index (χ3n) is 21.8. The summed E-state index contributed by atoms with van der Waals surface area (Å²) in [6.45, 7) is 9.67. The van der Waals surface area contributed by atoms with Gasteiger partial charge in [-0.05, 0) is 57.1 Å². The molecule has 0 bridgehead atoms. The summed E-state index contributed by atoms with van der Waals surface area (Å²) in [6.07, 6.45) is 7.49. The minimum atomic E-state index is -2.06. The largest absolute Gasteiger partial charge is 0.475 e. The topological polar surface area (TPSA) is 21.4 Å². The molecule has 0 atom stereocenters. The van der Waals surface area contributed by atoms with Gasteiger partial charge in [-0.2, -0.15) is 0 Å². The van der Waals surface area contributed by atoms with Gasteiger partial charge >= 0.3 is 19.2 Å². The van der Waals surface area contributed by atoms with E-state index in [4.69, 9.17) is 0 Å². The van der Waals surface area contributed by atoms with Crippen LogP contribution in [-0.4, -0.2) is 38.9 Å². The van der Waals surface area contributed by atoms with Gasteiger partial charge in [-0.15, -0.1) is 32.8 Å². The number of nitrogens with zero attached hydrogens (tertiary/aromatic N) is 6. The fraction of sp³-hybridized carbons (Fsp3) is 0.222. The number of rotatable bonds is 21. The molecule has 0 amide bonds. The molecule has 16 rings (SSSR count). The van der Waals surface area contributed by atoms with E-state index in [9.17, 15) is 0 Å². The molecule has 90 heavy (non-hydrogen) atoms. The SMILES string of the molecule is CCCCCCN1c2c3ccccc3[n+]3c4c2c2c5c(c6ccccc6[n+]2[B-]1(c1ccccc1)c1ccccc1)N(CCCCCC)[B-](c1ccccc1)(c1ccccc1)[n+]1c2ccccc2c(c4c51)N(CCCCCC)[B-]3(c1ccccc1)c1ccccc1. The van der Waals surface area contributed by atoms with E-state index in [0.717, 1.165) is 58.2 Å². The van der Waals surface area contributed by atoms with Crippen LogP contribution in [0.3, 0.4) is 0 Å². The molecular formula is C81H81B3N6. The maximum atomic E-state index is 3.01. The summed E-state index contributed by atoms with van der Waals surface area (Å²) in [5, 5.41) is 7.92. The molecule has 13 aromatic rings. The van der Waals surface area contributed by atoms with Crippen LogP contribution in [0.25, 0.3) is 65.4 Å². The molecule has 3 aliphatic rings. The fourth-order valence-electron chi connectivity index (χ4n) is 18.5. The van der Waals surface area contributed by atoms with Crippen molar-refractivity contribution < 1.29 is 13.4 Å². The van der Waals surface area contributed by atoms with Gasteiger partial charge in [0.25, 0.3) is 0 Å². The molecule has 0 unspecified atom stereocenters. The number of unbranched alkanes of at least 4 members (excludes halogenated alkanes) is 9. The molecule has 0 spiro atoms. The predicted molar refractivity (Wildman–Crippen MR) is 386 cm³/mol. The van der Waals surface area contributed by atoms with Gasteiger partial charge in [0, 0.05) is 35.3 Å². The summed E-state index contributed by atoms with van der Waals surface area (Å²) >= 11 is 0. The number of aromatic nitrogens is 3.